The van der Waals surface area contributed by atoms with E-state index in [9.17, 15) is 9.59 Å². The van der Waals surface area contributed by atoms with Gasteiger partial charge >= 0.3 is 6.03 Å². The van der Waals surface area contributed by atoms with Gasteiger partial charge in [0.05, 0.1) is 18.3 Å². The van der Waals surface area contributed by atoms with Gasteiger partial charge in [-0.1, -0.05) is 66.7 Å². The van der Waals surface area contributed by atoms with Gasteiger partial charge in [-0.15, -0.1) is 0 Å². The number of likely N-dealkylation sites (tertiary alicyclic amines) is 1. The first-order valence-electron chi connectivity index (χ1n) is 14.5. The van der Waals surface area contributed by atoms with Gasteiger partial charge in [-0.05, 0) is 66.3 Å². The lowest BCUT2D eigenvalue weighted by atomic mass is 9.99. The fourth-order valence-electron chi connectivity index (χ4n) is 6.49. The Kier molecular flexibility index (Phi) is 7.15. The van der Waals surface area contributed by atoms with Crippen LogP contribution in [0.3, 0.4) is 0 Å². The number of carbonyl (C=O) groups excluding carboxylic acids is 2. The van der Waals surface area contributed by atoms with Crippen LogP contribution in [0.15, 0.2) is 97.2 Å². The summed E-state index contributed by atoms with van der Waals surface area (Å²) in [5, 5.41) is 5.85. The van der Waals surface area contributed by atoms with E-state index in [2.05, 4.69) is 56.9 Å². The highest BCUT2D eigenvalue weighted by Gasteiger charge is 2.47. The molecule has 3 amide bonds. The van der Waals surface area contributed by atoms with Crippen LogP contribution in [0.25, 0.3) is 0 Å². The summed E-state index contributed by atoms with van der Waals surface area (Å²) in [6, 6.07) is 29.6. The molecular formula is C34H33N5O3. The smallest absolute Gasteiger partial charge is 0.324 e. The van der Waals surface area contributed by atoms with Gasteiger partial charge in [0.1, 0.15) is 5.82 Å². The second-order valence-electron chi connectivity index (χ2n) is 11.3. The number of rotatable bonds is 7. The van der Waals surface area contributed by atoms with Crippen molar-refractivity contribution >= 4 is 23.4 Å². The molecule has 4 aromatic rings. The summed E-state index contributed by atoms with van der Waals surface area (Å²) in [5.74, 6) is 0.819. The number of anilines is 2. The number of fused-ring (bicyclic) bond motifs is 3. The molecule has 0 saturated carbocycles. The summed E-state index contributed by atoms with van der Waals surface area (Å²) < 4.78 is 6.13. The Labute approximate surface area is 245 Å². The minimum atomic E-state index is -0.514. The highest BCUT2D eigenvalue weighted by atomic mass is 16.5. The van der Waals surface area contributed by atoms with Crippen molar-refractivity contribution in [2.75, 3.05) is 30.3 Å². The number of hydrogen-bond donors (Lipinski definition) is 2. The standard InChI is InChI=1S/C34H33N5O3/c40-32-28-12-7-13-29(31(28)33-39(32)27(22-42-33)18-23-8-3-1-4-9-23)36-34(41)37-30-19-25(14-16-35-30)26-15-17-38(21-26)20-24-10-5-2-6-11-24/h1-14,16,19,26-27,33H,15,17-18,20-22H2,(H2,35,36,37,41). The topological polar surface area (TPSA) is 86.8 Å². The zero-order chi connectivity index (χ0) is 28.5. The lowest BCUT2D eigenvalue weighted by Crippen LogP contribution is -2.35. The van der Waals surface area contributed by atoms with Crippen LogP contribution in [0.2, 0.25) is 0 Å². The fraction of sp³-hybridized carbons (Fsp3) is 0.265. The molecule has 0 bridgehead atoms. The van der Waals surface area contributed by atoms with E-state index < -0.39 is 12.3 Å². The van der Waals surface area contributed by atoms with Crippen LogP contribution >= 0.6 is 0 Å². The molecule has 4 heterocycles. The molecule has 2 fully saturated rings. The monoisotopic (exact) mass is 559 g/mol. The molecule has 3 aliphatic rings. The fourth-order valence-corrected chi connectivity index (χ4v) is 6.49. The van der Waals surface area contributed by atoms with Crippen LogP contribution in [0, 0.1) is 0 Å². The predicted octanol–water partition coefficient (Wildman–Crippen LogP) is 5.81. The van der Waals surface area contributed by atoms with Crippen molar-refractivity contribution in [3.63, 3.8) is 0 Å². The van der Waals surface area contributed by atoms with Crippen LogP contribution in [0.1, 0.15) is 51.2 Å². The molecule has 212 valence electrons. The van der Waals surface area contributed by atoms with E-state index in [1.807, 2.05) is 47.4 Å². The van der Waals surface area contributed by atoms with Gasteiger partial charge in [-0.3, -0.25) is 15.0 Å². The lowest BCUT2D eigenvalue weighted by molar-refractivity contribution is 0.0356. The maximum Gasteiger partial charge on any atom is 0.324 e. The number of nitrogens with zero attached hydrogens (tertiary/aromatic N) is 3. The van der Waals surface area contributed by atoms with Crippen LogP contribution in [-0.2, 0) is 17.7 Å². The summed E-state index contributed by atoms with van der Waals surface area (Å²) in [6.07, 6.45) is 3.02. The third-order valence-electron chi connectivity index (χ3n) is 8.49. The number of pyridine rings is 1. The Morgan fingerprint density at radius 1 is 0.929 bits per heavy atom. The number of carbonyl (C=O) groups is 2. The number of amides is 3. The van der Waals surface area contributed by atoms with Crippen molar-refractivity contribution in [1.29, 1.82) is 0 Å². The largest absolute Gasteiger partial charge is 0.352 e. The maximum atomic E-state index is 13.4. The van der Waals surface area contributed by atoms with Gasteiger partial charge in [0.15, 0.2) is 6.23 Å². The lowest BCUT2D eigenvalue weighted by Gasteiger charge is -2.22. The maximum absolute atomic E-state index is 13.4. The van der Waals surface area contributed by atoms with Crippen molar-refractivity contribution < 1.29 is 14.3 Å². The van der Waals surface area contributed by atoms with E-state index in [1.54, 1.807) is 18.3 Å². The van der Waals surface area contributed by atoms with E-state index in [4.69, 9.17) is 4.74 Å². The quantitative estimate of drug-likeness (QED) is 0.298. The number of benzene rings is 3. The highest BCUT2D eigenvalue weighted by molar-refractivity contribution is 6.05. The molecule has 2 N–H and O–H groups in total. The Morgan fingerprint density at radius 3 is 2.52 bits per heavy atom. The van der Waals surface area contributed by atoms with Crippen molar-refractivity contribution in [2.45, 2.75) is 37.6 Å². The predicted molar refractivity (Wildman–Crippen MR) is 161 cm³/mol. The van der Waals surface area contributed by atoms with Gasteiger partial charge in [-0.25, -0.2) is 9.78 Å². The Bertz CT molecular complexity index is 1600. The van der Waals surface area contributed by atoms with Crippen molar-refractivity contribution in [2.24, 2.45) is 0 Å². The minimum absolute atomic E-state index is 0.0647. The van der Waals surface area contributed by atoms with Gasteiger partial charge in [-0.2, -0.15) is 0 Å². The first-order chi connectivity index (χ1) is 20.6. The van der Waals surface area contributed by atoms with Gasteiger partial charge < -0.3 is 15.0 Å². The molecule has 1 aromatic heterocycles. The molecule has 3 aliphatic heterocycles. The molecule has 0 aliphatic carbocycles. The molecule has 7 rings (SSSR count). The number of hydrogen-bond acceptors (Lipinski definition) is 5. The highest BCUT2D eigenvalue weighted by Crippen LogP contribution is 2.44. The number of ether oxygens (including phenoxy) is 1. The summed E-state index contributed by atoms with van der Waals surface area (Å²) in [7, 11) is 0. The van der Waals surface area contributed by atoms with Crippen LogP contribution in [0.5, 0.6) is 0 Å². The molecule has 8 nitrogen and oxygen atoms in total. The van der Waals surface area contributed by atoms with E-state index in [0.717, 1.165) is 31.6 Å². The molecule has 0 spiro atoms. The summed E-state index contributed by atoms with van der Waals surface area (Å²) >= 11 is 0. The molecule has 42 heavy (non-hydrogen) atoms. The third kappa shape index (κ3) is 5.26. The van der Waals surface area contributed by atoms with Crippen LogP contribution in [-0.4, -0.2) is 52.5 Å². The number of aromatic nitrogens is 1. The molecule has 3 aromatic carbocycles. The molecule has 8 heteroatoms. The first kappa shape index (κ1) is 26.4. The Balaban J connectivity index is 1.01. The average Bonchev–Trinajstić information content (AvgIpc) is 3.72. The van der Waals surface area contributed by atoms with Crippen molar-refractivity contribution in [1.82, 2.24) is 14.8 Å². The molecule has 0 radical (unpaired) electrons. The third-order valence-corrected chi connectivity index (χ3v) is 8.49. The van der Waals surface area contributed by atoms with Crippen LogP contribution in [0.4, 0.5) is 16.3 Å². The van der Waals surface area contributed by atoms with E-state index in [0.29, 0.717) is 41.6 Å². The SMILES string of the molecule is O=C(Nc1cc(C2CCN(Cc3ccccc3)C2)ccn1)Nc1cccc2c1C1OCC(Cc3ccccc3)N1C2=O. The summed E-state index contributed by atoms with van der Waals surface area (Å²) in [5.41, 5.74) is 5.48. The Morgan fingerprint density at radius 2 is 1.71 bits per heavy atom. The Hall–Kier alpha value is -4.53. The molecule has 3 atom stereocenters. The first-order valence-corrected chi connectivity index (χ1v) is 14.5. The number of nitrogens with one attached hydrogen (secondary N) is 2. The van der Waals surface area contributed by atoms with E-state index in [-0.39, 0.29) is 11.9 Å². The van der Waals surface area contributed by atoms with Crippen molar-refractivity contribution in [3.05, 3.63) is 125 Å². The minimum Gasteiger partial charge on any atom is -0.352 e. The molecular weight excluding hydrogens is 526 g/mol. The molecule has 2 saturated heterocycles. The summed E-state index contributed by atoms with van der Waals surface area (Å²) in [4.78, 5) is 35.2. The molecule has 3 unspecified atom stereocenters. The van der Waals surface area contributed by atoms with Gasteiger partial charge in [0, 0.05) is 30.4 Å². The van der Waals surface area contributed by atoms with Gasteiger partial charge in [0.25, 0.3) is 5.91 Å². The second-order valence-corrected chi connectivity index (χ2v) is 11.3. The average molecular weight is 560 g/mol. The van der Waals surface area contributed by atoms with Crippen molar-refractivity contribution in [3.8, 4) is 0 Å². The normalized spacial score (nSPS) is 21.3. The van der Waals surface area contributed by atoms with Gasteiger partial charge in [0.2, 0.25) is 0 Å². The van der Waals surface area contributed by atoms with E-state index >= 15 is 0 Å². The number of urea groups is 1. The zero-order valence-corrected chi connectivity index (χ0v) is 23.3. The van der Waals surface area contributed by atoms with Crippen LogP contribution < -0.4 is 10.6 Å². The van der Waals surface area contributed by atoms with E-state index in [1.165, 1.54) is 11.1 Å². The summed E-state index contributed by atoms with van der Waals surface area (Å²) in [6.45, 7) is 3.40. The zero-order valence-electron chi connectivity index (χ0n) is 23.3. The second kappa shape index (κ2) is 11.4.